The summed E-state index contributed by atoms with van der Waals surface area (Å²) >= 11 is 0. The van der Waals surface area contributed by atoms with Crippen LogP contribution in [-0.2, 0) is 13.0 Å². The Bertz CT molecular complexity index is 1200. The van der Waals surface area contributed by atoms with E-state index in [2.05, 4.69) is 15.3 Å². The van der Waals surface area contributed by atoms with Gasteiger partial charge in [-0.15, -0.1) is 0 Å². The zero-order valence-corrected chi connectivity index (χ0v) is 17.9. The zero-order valence-electron chi connectivity index (χ0n) is 17.9. The molecule has 8 nitrogen and oxygen atoms in total. The number of piperidine rings is 1. The Morgan fingerprint density at radius 1 is 1.29 bits per heavy atom. The van der Waals surface area contributed by atoms with Gasteiger partial charge in [0.15, 0.2) is 0 Å². The lowest BCUT2D eigenvalue weighted by atomic mass is 9.84. The minimum atomic E-state index is -0.244. The number of ether oxygens (including phenoxy) is 1. The van der Waals surface area contributed by atoms with Gasteiger partial charge in [-0.2, -0.15) is 0 Å². The molecule has 2 N–H and O–H groups in total. The predicted octanol–water partition coefficient (Wildman–Crippen LogP) is 1.75. The second kappa shape index (κ2) is 7.85. The number of benzene rings is 1. The number of nitrogens with one attached hydrogen (secondary N) is 2. The second-order valence-corrected chi connectivity index (χ2v) is 8.59. The quantitative estimate of drug-likeness (QED) is 0.655. The lowest BCUT2D eigenvalue weighted by Crippen LogP contribution is -2.46. The number of aromatic amines is 1. The highest BCUT2D eigenvalue weighted by Gasteiger charge is 2.32. The molecular formula is C23H27N5O3. The number of aromatic nitrogens is 3. The molecule has 4 heterocycles. The summed E-state index contributed by atoms with van der Waals surface area (Å²) in [5, 5.41) is 3.44. The molecule has 0 spiro atoms. The van der Waals surface area contributed by atoms with Crippen LogP contribution in [0.25, 0.3) is 11.0 Å². The Kier molecular flexibility index (Phi) is 5.02. The van der Waals surface area contributed by atoms with E-state index in [0.29, 0.717) is 31.3 Å². The van der Waals surface area contributed by atoms with Gasteiger partial charge >= 0.3 is 0 Å². The second-order valence-electron chi connectivity index (χ2n) is 8.59. The number of methoxy groups -OCH3 is 1. The van der Waals surface area contributed by atoms with Crippen LogP contribution < -0.4 is 15.6 Å². The normalized spacial score (nSPS) is 19.8. The number of fused-ring (bicyclic) bond motifs is 5. The molecule has 0 aliphatic carbocycles. The lowest BCUT2D eigenvalue weighted by molar-refractivity contribution is 0.0793. The Morgan fingerprint density at radius 3 is 3.00 bits per heavy atom. The summed E-state index contributed by atoms with van der Waals surface area (Å²) < 4.78 is 7.08. The fourth-order valence-electron chi connectivity index (χ4n) is 4.82. The average Bonchev–Trinajstić information content (AvgIpc) is 3.20. The van der Waals surface area contributed by atoms with Crippen molar-refractivity contribution in [2.24, 2.45) is 5.92 Å². The molecular weight excluding hydrogens is 394 g/mol. The van der Waals surface area contributed by atoms with E-state index >= 15 is 0 Å². The Hall–Kier alpha value is -3.13. The van der Waals surface area contributed by atoms with E-state index in [1.54, 1.807) is 25.1 Å². The predicted molar refractivity (Wildman–Crippen MR) is 118 cm³/mol. The van der Waals surface area contributed by atoms with Crippen LogP contribution in [0.1, 0.15) is 34.2 Å². The maximum atomic E-state index is 13.1. The maximum absolute atomic E-state index is 13.1. The SMILES string of the molecule is COc1ccc2nc(CCN(C)C(=O)c3ccc4n(c3=O)C[C@@H]3CNC[C@H]4C3)[nH]c2c1. The van der Waals surface area contributed by atoms with Crippen LogP contribution in [0.4, 0.5) is 0 Å². The average molecular weight is 422 g/mol. The minimum Gasteiger partial charge on any atom is -0.497 e. The molecule has 0 radical (unpaired) electrons. The van der Waals surface area contributed by atoms with Gasteiger partial charge in [-0.25, -0.2) is 4.98 Å². The van der Waals surface area contributed by atoms with E-state index in [-0.39, 0.29) is 17.0 Å². The molecule has 1 saturated heterocycles. The Labute approximate surface area is 180 Å². The Balaban J connectivity index is 1.31. The number of nitrogens with zero attached hydrogens (tertiary/aromatic N) is 3. The summed E-state index contributed by atoms with van der Waals surface area (Å²) in [6.07, 6.45) is 1.68. The van der Waals surface area contributed by atoms with Gasteiger partial charge in [0, 0.05) is 50.8 Å². The van der Waals surface area contributed by atoms with Crippen molar-refractivity contribution in [2.45, 2.75) is 25.3 Å². The summed E-state index contributed by atoms with van der Waals surface area (Å²) in [6.45, 7) is 2.98. The van der Waals surface area contributed by atoms with Crippen molar-refractivity contribution in [1.82, 2.24) is 24.8 Å². The number of amides is 1. The molecule has 2 atom stereocenters. The molecule has 3 aromatic rings. The highest BCUT2D eigenvalue weighted by atomic mass is 16.5. The summed E-state index contributed by atoms with van der Waals surface area (Å²) in [6, 6.07) is 9.34. The van der Waals surface area contributed by atoms with Gasteiger partial charge in [0.25, 0.3) is 11.5 Å². The van der Waals surface area contributed by atoms with Crippen LogP contribution >= 0.6 is 0 Å². The summed E-state index contributed by atoms with van der Waals surface area (Å²) in [4.78, 5) is 35.6. The number of hydrogen-bond donors (Lipinski definition) is 2. The van der Waals surface area contributed by atoms with Crippen molar-refractivity contribution in [3.8, 4) is 5.75 Å². The largest absolute Gasteiger partial charge is 0.497 e. The van der Waals surface area contributed by atoms with Gasteiger partial charge in [0.1, 0.15) is 17.1 Å². The third-order valence-corrected chi connectivity index (χ3v) is 6.51. The molecule has 0 unspecified atom stereocenters. The molecule has 31 heavy (non-hydrogen) atoms. The van der Waals surface area contributed by atoms with Crippen LogP contribution in [0, 0.1) is 5.92 Å². The van der Waals surface area contributed by atoms with Crippen molar-refractivity contribution in [2.75, 3.05) is 33.8 Å². The molecule has 2 aliphatic heterocycles. The van der Waals surface area contributed by atoms with Crippen LogP contribution in [-0.4, -0.2) is 59.1 Å². The molecule has 1 fully saturated rings. The van der Waals surface area contributed by atoms with Gasteiger partial charge < -0.3 is 24.5 Å². The number of carbonyl (C=O) groups excluding carboxylic acids is 1. The van der Waals surface area contributed by atoms with Gasteiger partial charge in [0.05, 0.1) is 18.1 Å². The van der Waals surface area contributed by atoms with Crippen LogP contribution in [0.3, 0.4) is 0 Å². The number of rotatable bonds is 5. The number of carbonyl (C=O) groups is 1. The first-order valence-electron chi connectivity index (χ1n) is 10.8. The number of pyridine rings is 1. The molecule has 1 amide bonds. The number of likely N-dealkylation sites (N-methyl/N-ethyl adjacent to an activating group) is 1. The monoisotopic (exact) mass is 421 g/mol. The number of imidazole rings is 1. The summed E-state index contributed by atoms with van der Waals surface area (Å²) in [5.41, 5.74) is 2.88. The lowest BCUT2D eigenvalue weighted by Gasteiger charge is -2.37. The topological polar surface area (TPSA) is 92.2 Å². The van der Waals surface area contributed by atoms with Gasteiger partial charge in [-0.3, -0.25) is 9.59 Å². The highest BCUT2D eigenvalue weighted by Crippen LogP contribution is 2.31. The van der Waals surface area contributed by atoms with E-state index < -0.39 is 0 Å². The fraction of sp³-hybridized carbons (Fsp3) is 0.435. The van der Waals surface area contributed by atoms with Crippen LogP contribution in [0.5, 0.6) is 5.75 Å². The first-order valence-corrected chi connectivity index (χ1v) is 10.8. The third-order valence-electron chi connectivity index (χ3n) is 6.51. The van der Waals surface area contributed by atoms with E-state index in [0.717, 1.165) is 47.8 Å². The van der Waals surface area contributed by atoms with E-state index in [4.69, 9.17) is 4.74 Å². The first kappa shape index (κ1) is 19.8. The molecule has 2 aromatic heterocycles. The van der Waals surface area contributed by atoms with Crippen LogP contribution in [0.2, 0.25) is 0 Å². The number of H-pyrrole nitrogens is 1. The Morgan fingerprint density at radius 2 is 2.16 bits per heavy atom. The van der Waals surface area contributed by atoms with Crippen molar-refractivity contribution >= 4 is 16.9 Å². The van der Waals surface area contributed by atoms with Gasteiger partial charge in [0.2, 0.25) is 0 Å². The number of hydrogen-bond acceptors (Lipinski definition) is 5. The molecule has 1 aromatic carbocycles. The van der Waals surface area contributed by atoms with Crippen LogP contribution in [0.15, 0.2) is 35.1 Å². The van der Waals surface area contributed by atoms with E-state index in [1.165, 1.54) is 0 Å². The third kappa shape index (κ3) is 3.61. The standard InChI is InChI=1S/C23H27N5O3/c1-27(8-7-21-25-18-5-3-16(31-2)10-19(18)26-21)22(29)17-4-6-20-15-9-14(11-24-12-15)13-28(20)23(17)30/h3-6,10,14-15,24H,7-9,11-13H2,1-2H3,(H,25,26)/t14-,15+/m0/s1. The van der Waals surface area contributed by atoms with E-state index in [9.17, 15) is 9.59 Å². The molecule has 0 saturated carbocycles. The summed E-state index contributed by atoms with van der Waals surface area (Å²) in [5.74, 6) is 2.13. The summed E-state index contributed by atoms with van der Waals surface area (Å²) in [7, 11) is 3.36. The highest BCUT2D eigenvalue weighted by molar-refractivity contribution is 5.93. The van der Waals surface area contributed by atoms with Gasteiger partial charge in [-0.1, -0.05) is 0 Å². The molecule has 2 bridgehead atoms. The maximum Gasteiger partial charge on any atom is 0.263 e. The molecule has 5 rings (SSSR count). The van der Waals surface area contributed by atoms with E-state index in [1.807, 2.05) is 28.8 Å². The smallest absolute Gasteiger partial charge is 0.263 e. The molecule has 2 aliphatic rings. The molecule has 8 heteroatoms. The van der Waals surface area contributed by atoms with Crippen molar-refractivity contribution in [3.05, 3.63) is 57.8 Å². The van der Waals surface area contributed by atoms with Crippen molar-refractivity contribution in [1.29, 1.82) is 0 Å². The zero-order chi connectivity index (χ0) is 21.5. The van der Waals surface area contributed by atoms with Crippen molar-refractivity contribution in [3.63, 3.8) is 0 Å². The fourth-order valence-corrected chi connectivity index (χ4v) is 4.82. The van der Waals surface area contributed by atoms with Gasteiger partial charge in [-0.05, 0) is 43.1 Å². The minimum absolute atomic E-state index is 0.165. The first-order chi connectivity index (χ1) is 15.0. The molecule has 162 valence electrons. The van der Waals surface area contributed by atoms with Crippen molar-refractivity contribution < 1.29 is 9.53 Å².